The highest BCUT2D eigenvalue weighted by atomic mass is 32.2. The summed E-state index contributed by atoms with van der Waals surface area (Å²) in [5.41, 5.74) is 4.54. The maximum Gasteiger partial charge on any atom is 0.490 e. The van der Waals surface area contributed by atoms with Crippen molar-refractivity contribution in [2.75, 3.05) is 44.2 Å². The van der Waals surface area contributed by atoms with Crippen molar-refractivity contribution in [2.45, 2.75) is 30.8 Å². The van der Waals surface area contributed by atoms with Crippen molar-refractivity contribution in [1.29, 1.82) is 0 Å². The summed E-state index contributed by atoms with van der Waals surface area (Å²) in [6, 6.07) is 13.4. The van der Waals surface area contributed by atoms with Crippen molar-refractivity contribution in [2.24, 2.45) is 5.92 Å². The van der Waals surface area contributed by atoms with E-state index in [2.05, 4.69) is 46.9 Å². The highest BCUT2D eigenvalue weighted by Crippen LogP contribution is 2.37. The van der Waals surface area contributed by atoms with E-state index in [-0.39, 0.29) is 29.8 Å². The number of piperazine rings is 1. The lowest BCUT2D eigenvalue weighted by molar-refractivity contribution is -0.192. The molecule has 2 aliphatic rings. The number of anilines is 1. The third-order valence-corrected chi connectivity index (χ3v) is 9.34. The summed E-state index contributed by atoms with van der Waals surface area (Å²) in [4.78, 5) is 35.3. The number of carbonyl (C=O) groups excluding carboxylic acids is 1. The van der Waals surface area contributed by atoms with Gasteiger partial charge in [-0.3, -0.25) is 14.8 Å². The Morgan fingerprint density at radius 3 is 2.12 bits per heavy atom. The molecule has 5 rings (SSSR count). The third-order valence-electron chi connectivity index (χ3n) is 7.53. The molecular weight excluding hydrogens is 587 g/mol. The van der Waals surface area contributed by atoms with Crippen LogP contribution in [-0.2, 0) is 19.6 Å². The van der Waals surface area contributed by atoms with Gasteiger partial charge in [-0.15, -0.1) is 0 Å². The van der Waals surface area contributed by atoms with E-state index in [1.807, 2.05) is 17.0 Å². The Hall–Kier alpha value is -4.04. The van der Waals surface area contributed by atoms with Crippen molar-refractivity contribution in [3.63, 3.8) is 0 Å². The number of aryl methyl sites for hydroxylation is 2. The number of carbonyl (C=O) groups is 2. The van der Waals surface area contributed by atoms with Crippen molar-refractivity contribution in [3.8, 4) is 0 Å². The van der Waals surface area contributed by atoms with Gasteiger partial charge in [0.25, 0.3) is 0 Å². The van der Waals surface area contributed by atoms with Crippen molar-refractivity contribution >= 4 is 27.6 Å². The van der Waals surface area contributed by atoms with Crippen LogP contribution in [0.2, 0.25) is 0 Å². The summed E-state index contributed by atoms with van der Waals surface area (Å²) in [5, 5.41) is 7.12. The molecule has 230 valence electrons. The molecule has 2 aromatic heterocycles. The van der Waals surface area contributed by atoms with Gasteiger partial charge in [0.05, 0.1) is 5.92 Å². The Morgan fingerprint density at radius 1 is 0.930 bits per heavy atom. The van der Waals surface area contributed by atoms with Crippen LogP contribution in [0, 0.1) is 19.8 Å². The quantitative estimate of drug-likeness (QED) is 0.461. The molecule has 43 heavy (non-hydrogen) atoms. The van der Waals surface area contributed by atoms with E-state index in [4.69, 9.17) is 9.90 Å². The number of rotatable bonds is 5. The predicted octanol–water partition coefficient (Wildman–Crippen LogP) is 3.48. The Bertz CT molecular complexity index is 1530. The van der Waals surface area contributed by atoms with E-state index in [0.717, 1.165) is 18.7 Å². The molecule has 0 spiro atoms. The number of carboxylic acid groups (broad SMARTS) is 1. The van der Waals surface area contributed by atoms with Crippen LogP contribution in [0.4, 0.5) is 18.9 Å². The Kier molecular flexibility index (Phi) is 9.70. The average molecular weight is 620 g/mol. The zero-order valence-electron chi connectivity index (χ0n) is 23.6. The summed E-state index contributed by atoms with van der Waals surface area (Å²) < 4.78 is 59.9. The molecule has 2 saturated heterocycles. The molecule has 1 amide bonds. The molecule has 2 aliphatic heterocycles. The second-order valence-corrected chi connectivity index (χ2v) is 12.4. The fourth-order valence-corrected chi connectivity index (χ4v) is 6.71. The van der Waals surface area contributed by atoms with Crippen LogP contribution >= 0.6 is 0 Å². The van der Waals surface area contributed by atoms with E-state index in [0.29, 0.717) is 13.1 Å². The number of benzene rings is 1. The van der Waals surface area contributed by atoms with Gasteiger partial charge in [-0.1, -0.05) is 18.2 Å². The van der Waals surface area contributed by atoms with Crippen LogP contribution in [-0.4, -0.2) is 90.0 Å². The zero-order chi connectivity index (χ0) is 31.4. The van der Waals surface area contributed by atoms with Gasteiger partial charge in [-0.05, 0) is 54.8 Å². The smallest absolute Gasteiger partial charge is 0.475 e. The second-order valence-electron chi connectivity index (χ2n) is 10.4. The van der Waals surface area contributed by atoms with Gasteiger partial charge in [0.15, 0.2) is 0 Å². The van der Waals surface area contributed by atoms with Gasteiger partial charge in [-0.25, -0.2) is 13.2 Å². The van der Waals surface area contributed by atoms with Crippen molar-refractivity contribution in [3.05, 3.63) is 83.9 Å². The Morgan fingerprint density at radius 2 is 1.56 bits per heavy atom. The normalized spacial score (nSPS) is 19.5. The molecule has 0 saturated carbocycles. The largest absolute Gasteiger partial charge is 0.490 e. The number of amides is 1. The number of aromatic nitrogens is 2. The lowest BCUT2D eigenvalue weighted by Crippen LogP contribution is -2.51. The fourth-order valence-electron chi connectivity index (χ4n) is 5.26. The lowest BCUT2D eigenvalue weighted by atomic mass is 9.88. The highest BCUT2D eigenvalue weighted by Gasteiger charge is 2.45. The molecular formula is C29H32F3N5O5S. The summed E-state index contributed by atoms with van der Waals surface area (Å²) in [5.74, 6) is -3.47. The number of halogens is 3. The molecule has 3 aromatic rings. The van der Waals surface area contributed by atoms with Crippen LogP contribution in [0.25, 0.3) is 0 Å². The molecule has 2 atom stereocenters. The van der Waals surface area contributed by atoms with E-state index < -0.39 is 28.1 Å². The predicted molar refractivity (Wildman–Crippen MR) is 152 cm³/mol. The number of hydrogen-bond acceptors (Lipinski definition) is 7. The first-order chi connectivity index (χ1) is 20.3. The molecule has 14 heteroatoms. The SMILES string of the molecule is Cc1ccc(C)c(N2CCN(C(=O)[C@@H]3CN(S(=O)(=O)c4cccnc4)CC3c3cccnc3)CC2)c1.O=C(O)C(F)(F)F. The van der Waals surface area contributed by atoms with Crippen LogP contribution in [0.3, 0.4) is 0 Å². The molecule has 10 nitrogen and oxygen atoms in total. The second kappa shape index (κ2) is 13.1. The van der Waals surface area contributed by atoms with Gasteiger partial charge in [-0.2, -0.15) is 17.5 Å². The van der Waals surface area contributed by atoms with Crippen molar-refractivity contribution in [1.82, 2.24) is 19.2 Å². The number of sulfonamides is 1. The maximum absolute atomic E-state index is 13.8. The molecule has 0 aliphatic carbocycles. The number of pyridine rings is 2. The molecule has 1 N–H and O–H groups in total. The first-order valence-electron chi connectivity index (χ1n) is 13.5. The summed E-state index contributed by atoms with van der Waals surface area (Å²) in [6.07, 6.45) is 1.25. The molecule has 0 radical (unpaired) electrons. The Balaban J connectivity index is 0.000000541. The van der Waals surface area contributed by atoms with Crippen molar-refractivity contribution < 1.29 is 36.3 Å². The molecule has 2 fully saturated rings. The van der Waals surface area contributed by atoms with Crippen LogP contribution in [0.5, 0.6) is 0 Å². The average Bonchev–Trinajstić information content (AvgIpc) is 3.45. The minimum Gasteiger partial charge on any atom is -0.475 e. The van der Waals surface area contributed by atoms with Gasteiger partial charge in [0.1, 0.15) is 4.90 Å². The van der Waals surface area contributed by atoms with E-state index in [9.17, 15) is 26.4 Å². The van der Waals surface area contributed by atoms with Crippen LogP contribution in [0.1, 0.15) is 22.6 Å². The van der Waals surface area contributed by atoms with Gasteiger partial charge < -0.3 is 14.9 Å². The minimum atomic E-state index is -5.08. The Labute approximate surface area is 247 Å². The summed E-state index contributed by atoms with van der Waals surface area (Å²) >= 11 is 0. The van der Waals surface area contributed by atoms with E-state index in [1.165, 1.54) is 27.3 Å². The molecule has 4 heterocycles. The fraction of sp³-hybridized carbons (Fsp3) is 0.379. The van der Waals surface area contributed by atoms with Crippen LogP contribution in [0.15, 0.2) is 72.1 Å². The summed E-state index contributed by atoms with van der Waals surface area (Å²) in [6.45, 7) is 7.30. The zero-order valence-corrected chi connectivity index (χ0v) is 24.4. The maximum atomic E-state index is 13.8. The molecule has 0 bridgehead atoms. The number of nitrogens with zero attached hydrogens (tertiary/aromatic N) is 5. The number of hydrogen-bond donors (Lipinski definition) is 1. The first-order valence-corrected chi connectivity index (χ1v) is 14.9. The minimum absolute atomic E-state index is 0.00774. The topological polar surface area (TPSA) is 124 Å². The molecule has 1 aromatic carbocycles. The van der Waals surface area contributed by atoms with E-state index >= 15 is 0 Å². The number of aliphatic carboxylic acids is 1. The third kappa shape index (κ3) is 7.49. The number of carboxylic acids is 1. The van der Waals surface area contributed by atoms with Gasteiger partial charge in [0, 0.05) is 75.7 Å². The monoisotopic (exact) mass is 619 g/mol. The summed E-state index contributed by atoms with van der Waals surface area (Å²) in [7, 11) is -3.76. The van der Waals surface area contributed by atoms with Crippen LogP contribution < -0.4 is 4.90 Å². The van der Waals surface area contributed by atoms with E-state index in [1.54, 1.807) is 30.7 Å². The number of alkyl halides is 3. The lowest BCUT2D eigenvalue weighted by Gasteiger charge is -2.38. The molecule has 1 unspecified atom stereocenters. The standard InChI is InChI=1S/C27H31N5O3S.C2HF3O2/c1-20-7-8-21(2)26(15-20)30-11-13-31(14-12-30)27(33)25-19-32(18-24(25)22-5-3-9-28-16-22)36(34,35)23-6-4-10-29-17-23;3-2(4,5)1(6)7/h3-10,15-17,24-25H,11-14,18-19H2,1-2H3;(H,6,7)/t24?,25-;/m1./s1. The van der Waals surface area contributed by atoms with Gasteiger partial charge >= 0.3 is 12.1 Å². The van der Waals surface area contributed by atoms with Gasteiger partial charge in [0.2, 0.25) is 15.9 Å². The highest BCUT2D eigenvalue weighted by molar-refractivity contribution is 7.89. The first kappa shape index (κ1) is 31.9.